The quantitative estimate of drug-likeness (QED) is 0.327. The zero-order valence-electron chi connectivity index (χ0n) is 26.2. The number of rotatable bonds is 6. The number of hydrogen-bond donors (Lipinski definition) is 2. The highest BCUT2D eigenvalue weighted by molar-refractivity contribution is 5.83. The molecule has 2 saturated heterocycles. The molecule has 0 bridgehead atoms. The van der Waals surface area contributed by atoms with Gasteiger partial charge in [-0.05, 0) is 62.7 Å². The molecule has 2 N–H and O–H groups in total. The van der Waals surface area contributed by atoms with Crippen LogP contribution in [0.4, 0.5) is 0 Å². The van der Waals surface area contributed by atoms with Crippen LogP contribution in [0.3, 0.4) is 0 Å². The largest absolute Gasteiger partial charge is 0.480 e. The third kappa shape index (κ3) is 9.67. The van der Waals surface area contributed by atoms with E-state index in [9.17, 15) is 9.59 Å². The van der Waals surface area contributed by atoms with Crippen molar-refractivity contribution in [3.05, 3.63) is 73.1 Å². The van der Waals surface area contributed by atoms with E-state index in [2.05, 4.69) is 61.0 Å². The molecule has 9 heteroatoms. The number of carboxylic acids is 1. The number of aliphatic carboxylic acids is 1. The van der Waals surface area contributed by atoms with E-state index < -0.39 is 5.97 Å². The fourth-order valence-electron chi connectivity index (χ4n) is 5.63. The minimum atomic E-state index is -0.818. The number of benzene rings is 2. The molecule has 4 heterocycles. The van der Waals surface area contributed by atoms with Crippen molar-refractivity contribution in [3.8, 4) is 0 Å². The van der Waals surface area contributed by atoms with Crippen LogP contribution in [0.1, 0.15) is 35.1 Å². The SMILES string of the molecule is C.CC(C)N1CCN(C(=O)Cn2ccc3ccccc32)CC1.CC(C)N1CCNCC1.O=C(O)Cn1ccc2ccccc21. The first-order valence-electron chi connectivity index (χ1n) is 15.5. The number of para-hydroxylation sites is 2. The van der Waals surface area contributed by atoms with Gasteiger partial charge in [-0.1, -0.05) is 43.8 Å². The molecule has 4 aromatic rings. The highest BCUT2D eigenvalue weighted by Crippen LogP contribution is 2.16. The molecule has 0 radical (unpaired) electrons. The monoisotopic (exact) mass is 604 g/mol. The Morgan fingerprint density at radius 3 is 1.59 bits per heavy atom. The lowest BCUT2D eigenvalue weighted by molar-refractivity contribution is -0.137. The van der Waals surface area contributed by atoms with Crippen molar-refractivity contribution in [3.63, 3.8) is 0 Å². The summed E-state index contributed by atoms with van der Waals surface area (Å²) in [6.07, 6.45) is 3.80. The predicted molar refractivity (Wildman–Crippen MR) is 181 cm³/mol. The van der Waals surface area contributed by atoms with Gasteiger partial charge in [-0.2, -0.15) is 0 Å². The van der Waals surface area contributed by atoms with Crippen molar-refractivity contribution in [2.45, 2.75) is 60.3 Å². The van der Waals surface area contributed by atoms with E-state index in [0.717, 1.165) is 61.7 Å². The molecule has 0 aliphatic carbocycles. The predicted octanol–water partition coefficient (Wildman–Crippen LogP) is 4.86. The maximum Gasteiger partial charge on any atom is 0.323 e. The number of nitrogens with one attached hydrogen (secondary N) is 1. The summed E-state index contributed by atoms with van der Waals surface area (Å²) in [5.41, 5.74) is 2.09. The molecule has 0 spiro atoms. The number of amides is 1. The zero-order valence-corrected chi connectivity index (χ0v) is 26.2. The molecule has 1 amide bonds. The van der Waals surface area contributed by atoms with Gasteiger partial charge in [0.15, 0.2) is 0 Å². The normalized spacial score (nSPS) is 15.8. The molecule has 9 nitrogen and oxygen atoms in total. The minimum absolute atomic E-state index is 0. The van der Waals surface area contributed by atoms with Crippen LogP contribution >= 0.6 is 0 Å². The average Bonchev–Trinajstić information content (AvgIpc) is 3.62. The molecule has 44 heavy (non-hydrogen) atoms. The first-order valence-corrected chi connectivity index (χ1v) is 15.5. The fourth-order valence-corrected chi connectivity index (χ4v) is 5.63. The summed E-state index contributed by atoms with van der Waals surface area (Å²) in [7, 11) is 0. The van der Waals surface area contributed by atoms with Crippen LogP contribution in [-0.4, -0.2) is 105 Å². The van der Waals surface area contributed by atoms with Crippen LogP contribution in [0.15, 0.2) is 73.1 Å². The number of carbonyl (C=O) groups excluding carboxylic acids is 1. The number of piperazine rings is 2. The van der Waals surface area contributed by atoms with E-state index >= 15 is 0 Å². The Kier molecular flexibility index (Phi) is 13.4. The second kappa shape index (κ2) is 17.0. The highest BCUT2D eigenvalue weighted by atomic mass is 16.4. The highest BCUT2D eigenvalue weighted by Gasteiger charge is 2.22. The van der Waals surface area contributed by atoms with Gasteiger partial charge in [0.05, 0.1) is 0 Å². The molecule has 240 valence electrons. The first kappa shape index (κ1) is 34.8. The van der Waals surface area contributed by atoms with E-state index in [-0.39, 0.29) is 19.9 Å². The Hall–Kier alpha value is -3.66. The second-order valence-corrected chi connectivity index (χ2v) is 11.8. The number of carbonyl (C=O) groups is 2. The van der Waals surface area contributed by atoms with Crippen LogP contribution in [-0.2, 0) is 22.7 Å². The van der Waals surface area contributed by atoms with Crippen molar-refractivity contribution in [1.29, 1.82) is 0 Å². The average molecular weight is 605 g/mol. The van der Waals surface area contributed by atoms with Crippen molar-refractivity contribution in [1.82, 2.24) is 29.2 Å². The molecular weight excluding hydrogens is 552 g/mol. The maximum atomic E-state index is 12.5. The van der Waals surface area contributed by atoms with Gasteiger partial charge < -0.3 is 24.5 Å². The molecule has 0 saturated carbocycles. The minimum Gasteiger partial charge on any atom is -0.480 e. The molecule has 2 aliphatic heterocycles. The lowest BCUT2D eigenvalue weighted by Crippen LogP contribution is -2.51. The summed E-state index contributed by atoms with van der Waals surface area (Å²) < 4.78 is 3.77. The topological polar surface area (TPSA) is 86.0 Å². The fraction of sp³-hybridized carbons (Fsp3) is 0.486. The molecule has 2 aromatic heterocycles. The van der Waals surface area contributed by atoms with Gasteiger partial charge in [0, 0.05) is 87.9 Å². The van der Waals surface area contributed by atoms with Gasteiger partial charge in [0.25, 0.3) is 0 Å². The standard InChI is InChI=1S/C17H23N3O.C10H9NO2.C7H16N2.CH4/c1-14(2)18-9-11-19(12-10-18)17(21)13-20-8-7-15-5-3-4-6-16(15)20;12-10(13)7-11-6-5-8-3-1-2-4-9(8)11;1-7(2)9-5-3-8-4-6-9;/h3-8,14H,9-13H2,1-2H3;1-6H,7H2,(H,12,13);7-8H,3-6H2,1-2H3;1H4. The third-order valence-electron chi connectivity index (χ3n) is 8.25. The Morgan fingerprint density at radius 2 is 1.14 bits per heavy atom. The van der Waals surface area contributed by atoms with Crippen LogP contribution in [0.2, 0.25) is 0 Å². The van der Waals surface area contributed by atoms with Gasteiger partial charge in [-0.25, -0.2) is 0 Å². The Bertz CT molecular complexity index is 1440. The summed E-state index contributed by atoms with van der Waals surface area (Å²) in [6, 6.07) is 21.2. The van der Waals surface area contributed by atoms with Gasteiger partial charge in [-0.3, -0.25) is 19.4 Å². The number of carboxylic acid groups (broad SMARTS) is 1. The summed E-state index contributed by atoms with van der Waals surface area (Å²) in [5.74, 6) is -0.596. The molecule has 0 atom stereocenters. The number of fused-ring (bicyclic) bond motifs is 2. The summed E-state index contributed by atoms with van der Waals surface area (Å²) >= 11 is 0. The van der Waals surface area contributed by atoms with Crippen molar-refractivity contribution in [2.75, 3.05) is 52.4 Å². The van der Waals surface area contributed by atoms with Gasteiger partial charge in [-0.15, -0.1) is 0 Å². The van der Waals surface area contributed by atoms with Gasteiger partial charge in [0.1, 0.15) is 13.1 Å². The van der Waals surface area contributed by atoms with Crippen molar-refractivity contribution in [2.24, 2.45) is 0 Å². The molecule has 0 unspecified atom stereocenters. The molecule has 2 aromatic carbocycles. The van der Waals surface area contributed by atoms with Crippen LogP contribution in [0.5, 0.6) is 0 Å². The number of nitrogens with zero attached hydrogens (tertiary/aromatic N) is 5. The molecule has 6 rings (SSSR count). The van der Waals surface area contributed by atoms with Crippen LogP contribution in [0.25, 0.3) is 21.8 Å². The van der Waals surface area contributed by atoms with Gasteiger partial charge >= 0.3 is 5.97 Å². The van der Waals surface area contributed by atoms with E-state index in [1.165, 1.54) is 18.5 Å². The van der Waals surface area contributed by atoms with Crippen LogP contribution in [0, 0.1) is 0 Å². The summed E-state index contributed by atoms with van der Waals surface area (Å²) in [4.78, 5) is 29.9. The Balaban J connectivity index is 0.000000197. The summed E-state index contributed by atoms with van der Waals surface area (Å²) in [6.45, 7) is 17.8. The van der Waals surface area contributed by atoms with Crippen molar-refractivity contribution >= 4 is 33.7 Å². The lowest BCUT2D eigenvalue weighted by atomic mass is 10.2. The van der Waals surface area contributed by atoms with Gasteiger partial charge in [0.2, 0.25) is 5.91 Å². The Labute approximate surface area is 263 Å². The summed E-state index contributed by atoms with van der Waals surface area (Å²) in [5, 5.41) is 14.2. The Morgan fingerprint density at radius 1 is 0.682 bits per heavy atom. The zero-order chi connectivity index (χ0) is 30.8. The number of hydrogen-bond acceptors (Lipinski definition) is 5. The van der Waals surface area contributed by atoms with Crippen LogP contribution < -0.4 is 5.32 Å². The third-order valence-corrected chi connectivity index (χ3v) is 8.25. The molecular formula is C35H52N6O3. The van der Waals surface area contributed by atoms with E-state index in [1.807, 2.05) is 58.1 Å². The van der Waals surface area contributed by atoms with E-state index in [4.69, 9.17) is 5.11 Å². The number of aromatic nitrogens is 2. The smallest absolute Gasteiger partial charge is 0.323 e. The van der Waals surface area contributed by atoms with Crippen molar-refractivity contribution < 1.29 is 14.7 Å². The van der Waals surface area contributed by atoms with E-state index in [1.54, 1.807) is 10.8 Å². The molecule has 2 fully saturated rings. The molecule has 2 aliphatic rings. The second-order valence-electron chi connectivity index (χ2n) is 11.8. The first-order chi connectivity index (χ1) is 20.7. The van der Waals surface area contributed by atoms with E-state index in [0.29, 0.717) is 12.6 Å². The lowest BCUT2D eigenvalue weighted by Gasteiger charge is -2.37. The maximum absolute atomic E-state index is 12.5.